The summed E-state index contributed by atoms with van der Waals surface area (Å²) in [5.41, 5.74) is 0.399. The summed E-state index contributed by atoms with van der Waals surface area (Å²) in [6, 6.07) is 5.63. The zero-order valence-electron chi connectivity index (χ0n) is 9.90. The van der Waals surface area contributed by atoms with Crippen LogP contribution < -0.4 is 4.74 Å². The van der Waals surface area contributed by atoms with Crippen molar-refractivity contribution < 1.29 is 14.6 Å². The van der Waals surface area contributed by atoms with Gasteiger partial charge in [-0.1, -0.05) is 25.0 Å². The van der Waals surface area contributed by atoms with E-state index in [-0.39, 0.29) is 11.7 Å². The molecule has 0 aromatic heterocycles. The molecule has 3 rings (SSSR count). The van der Waals surface area contributed by atoms with E-state index < -0.39 is 5.60 Å². The van der Waals surface area contributed by atoms with Crippen LogP contribution in [0.2, 0.25) is 0 Å². The van der Waals surface area contributed by atoms with Crippen molar-refractivity contribution in [2.45, 2.75) is 37.2 Å². The van der Waals surface area contributed by atoms with E-state index >= 15 is 0 Å². The number of carbonyl (C=O) groups excluding carboxylic acids is 1. The lowest BCUT2D eigenvalue weighted by atomic mass is 9.75. The number of hydrogen-bond acceptors (Lipinski definition) is 3. The molecular formula is C14H16O3. The number of methoxy groups -OCH3 is 1. The van der Waals surface area contributed by atoms with Gasteiger partial charge in [-0.05, 0) is 24.5 Å². The topological polar surface area (TPSA) is 46.5 Å². The molecule has 90 valence electrons. The predicted molar refractivity (Wildman–Crippen MR) is 63.5 cm³/mol. The molecule has 0 spiro atoms. The molecule has 0 unspecified atom stereocenters. The molecule has 0 heterocycles. The third-order valence-electron chi connectivity index (χ3n) is 4.15. The SMILES string of the molecule is COc1cccc2c1C(=O)[C@]1(O)CCCC[C@H]21. The molecule has 1 N–H and O–H groups in total. The average Bonchev–Trinajstić information content (AvgIpc) is 2.59. The van der Waals surface area contributed by atoms with Crippen LogP contribution in [-0.2, 0) is 0 Å². The largest absolute Gasteiger partial charge is 0.496 e. The molecule has 17 heavy (non-hydrogen) atoms. The van der Waals surface area contributed by atoms with Gasteiger partial charge in [-0.25, -0.2) is 0 Å². The zero-order valence-corrected chi connectivity index (χ0v) is 9.90. The summed E-state index contributed by atoms with van der Waals surface area (Å²) in [7, 11) is 1.56. The first-order valence-electron chi connectivity index (χ1n) is 6.12. The molecule has 1 saturated carbocycles. The van der Waals surface area contributed by atoms with Crippen molar-refractivity contribution in [3.8, 4) is 5.75 Å². The number of ether oxygens (including phenoxy) is 1. The minimum atomic E-state index is -1.17. The Kier molecular flexibility index (Phi) is 2.26. The predicted octanol–water partition coefficient (Wildman–Crippen LogP) is 2.28. The van der Waals surface area contributed by atoms with Gasteiger partial charge in [0.1, 0.15) is 11.4 Å². The Morgan fingerprint density at radius 2 is 2.24 bits per heavy atom. The second kappa shape index (κ2) is 3.57. The normalized spacial score (nSPS) is 30.9. The molecule has 2 atom stereocenters. The van der Waals surface area contributed by atoms with Gasteiger partial charge >= 0.3 is 0 Å². The lowest BCUT2D eigenvalue weighted by Crippen LogP contribution is -2.41. The second-order valence-electron chi connectivity index (χ2n) is 4.98. The molecule has 3 heteroatoms. The van der Waals surface area contributed by atoms with Gasteiger partial charge in [0, 0.05) is 5.92 Å². The molecular weight excluding hydrogens is 216 g/mol. The van der Waals surface area contributed by atoms with Gasteiger partial charge in [-0.3, -0.25) is 4.79 Å². The molecule has 1 aromatic carbocycles. The molecule has 2 aliphatic rings. The van der Waals surface area contributed by atoms with E-state index in [9.17, 15) is 9.90 Å². The first kappa shape index (κ1) is 10.8. The van der Waals surface area contributed by atoms with E-state index in [1.165, 1.54) is 0 Å². The summed E-state index contributed by atoms with van der Waals surface area (Å²) in [6.07, 6.45) is 3.47. The van der Waals surface area contributed by atoms with Crippen LogP contribution in [-0.4, -0.2) is 23.6 Å². The van der Waals surface area contributed by atoms with Crippen LogP contribution in [0.15, 0.2) is 18.2 Å². The molecule has 1 fully saturated rings. The number of ketones is 1. The minimum Gasteiger partial charge on any atom is -0.496 e. The van der Waals surface area contributed by atoms with Crippen molar-refractivity contribution in [1.82, 2.24) is 0 Å². The number of rotatable bonds is 1. The Labute approximate surface area is 100 Å². The maximum Gasteiger partial charge on any atom is 0.198 e. The fourth-order valence-electron chi connectivity index (χ4n) is 3.31. The zero-order chi connectivity index (χ0) is 12.0. The van der Waals surface area contributed by atoms with E-state index in [4.69, 9.17) is 4.74 Å². The Hall–Kier alpha value is -1.35. The Bertz CT molecular complexity index is 480. The molecule has 2 aliphatic carbocycles. The molecule has 0 bridgehead atoms. The van der Waals surface area contributed by atoms with Crippen molar-refractivity contribution >= 4 is 5.78 Å². The first-order valence-corrected chi connectivity index (χ1v) is 6.12. The Morgan fingerprint density at radius 1 is 1.41 bits per heavy atom. The number of benzene rings is 1. The van der Waals surface area contributed by atoms with Crippen LogP contribution in [0.5, 0.6) is 5.75 Å². The summed E-state index contributed by atoms with van der Waals surface area (Å²) >= 11 is 0. The highest BCUT2D eigenvalue weighted by Gasteiger charge is 2.53. The first-order chi connectivity index (χ1) is 8.18. The van der Waals surface area contributed by atoms with Crippen LogP contribution in [0, 0.1) is 0 Å². The average molecular weight is 232 g/mol. The fraction of sp³-hybridized carbons (Fsp3) is 0.500. The smallest absolute Gasteiger partial charge is 0.198 e. The molecule has 1 aromatic rings. The number of fused-ring (bicyclic) bond motifs is 3. The highest BCUT2D eigenvalue weighted by molar-refractivity contribution is 6.09. The van der Waals surface area contributed by atoms with Crippen molar-refractivity contribution in [3.63, 3.8) is 0 Å². The maximum absolute atomic E-state index is 12.4. The van der Waals surface area contributed by atoms with Crippen LogP contribution in [0.3, 0.4) is 0 Å². The van der Waals surface area contributed by atoms with Gasteiger partial charge in [0.05, 0.1) is 12.7 Å². The summed E-state index contributed by atoms with van der Waals surface area (Å²) in [5, 5.41) is 10.6. The molecule has 0 radical (unpaired) electrons. The van der Waals surface area contributed by atoms with Crippen molar-refractivity contribution in [3.05, 3.63) is 29.3 Å². The van der Waals surface area contributed by atoms with E-state index in [0.717, 1.165) is 24.8 Å². The van der Waals surface area contributed by atoms with Crippen LogP contribution in [0.1, 0.15) is 47.5 Å². The molecule has 3 nitrogen and oxygen atoms in total. The number of hydrogen-bond donors (Lipinski definition) is 1. The molecule has 0 aliphatic heterocycles. The number of carbonyl (C=O) groups is 1. The summed E-state index contributed by atoms with van der Waals surface area (Å²) in [6.45, 7) is 0. The standard InChI is InChI=1S/C14H16O3/c1-17-11-7-4-5-9-10-6-2-3-8-14(10,16)13(15)12(9)11/h4-5,7,10,16H,2-3,6,8H2,1H3/t10-,14+/m1/s1. The summed E-state index contributed by atoms with van der Waals surface area (Å²) in [4.78, 5) is 12.4. The highest BCUT2D eigenvalue weighted by atomic mass is 16.5. The van der Waals surface area contributed by atoms with Gasteiger partial charge in [-0.2, -0.15) is 0 Å². The quantitative estimate of drug-likeness (QED) is 0.808. The van der Waals surface area contributed by atoms with Gasteiger partial charge in [0.15, 0.2) is 5.78 Å². The monoisotopic (exact) mass is 232 g/mol. The lowest BCUT2D eigenvalue weighted by molar-refractivity contribution is 0.00488. The van der Waals surface area contributed by atoms with Gasteiger partial charge in [0.2, 0.25) is 0 Å². The lowest BCUT2D eigenvalue weighted by Gasteiger charge is -2.33. The van der Waals surface area contributed by atoms with Crippen LogP contribution in [0.4, 0.5) is 0 Å². The van der Waals surface area contributed by atoms with E-state index in [1.54, 1.807) is 13.2 Å². The van der Waals surface area contributed by atoms with E-state index in [1.807, 2.05) is 12.1 Å². The van der Waals surface area contributed by atoms with Crippen molar-refractivity contribution in [2.75, 3.05) is 7.11 Å². The third-order valence-corrected chi connectivity index (χ3v) is 4.15. The van der Waals surface area contributed by atoms with Crippen LogP contribution in [0.25, 0.3) is 0 Å². The van der Waals surface area contributed by atoms with Gasteiger partial charge < -0.3 is 9.84 Å². The fourth-order valence-corrected chi connectivity index (χ4v) is 3.31. The molecule has 0 saturated heterocycles. The summed E-state index contributed by atoms with van der Waals surface area (Å²) in [5.74, 6) is 0.416. The van der Waals surface area contributed by atoms with Crippen molar-refractivity contribution in [2.24, 2.45) is 0 Å². The highest BCUT2D eigenvalue weighted by Crippen LogP contribution is 2.51. The van der Waals surface area contributed by atoms with Gasteiger partial charge in [-0.15, -0.1) is 0 Å². The number of Topliss-reactive ketones (excluding diaryl/α,β-unsaturated/α-hetero) is 1. The maximum atomic E-state index is 12.4. The second-order valence-corrected chi connectivity index (χ2v) is 4.98. The van der Waals surface area contributed by atoms with Crippen molar-refractivity contribution in [1.29, 1.82) is 0 Å². The minimum absolute atomic E-state index is 0.0335. The van der Waals surface area contributed by atoms with Gasteiger partial charge in [0.25, 0.3) is 0 Å². The summed E-state index contributed by atoms with van der Waals surface area (Å²) < 4.78 is 5.25. The Balaban J connectivity index is 2.19. The number of aliphatic hydroxyl groups is 1. The van der Waals surface area contributed by atoms with Crippen LogP contribution >= 0.6 is 0 Å². The third kappa shape index (κ3) is 1.29. The Morgan fingerprint density at radius 3 is 3.00 bits per heavy atom. The molecule has 0 amide bonds. The van der Waals surface area contributed by atoms with E-state index in [0.29, 0.717) is 17.7 Å². The van der Waals surface area contributed by atoms with E-state index in [2.05, 4.69) is 0 Å².